The number of carbonyl (C=O) groups is 1. The molecule has 12 heteroatoms. The van der Waals surface area contributed by atoms with Crippen molar-refractivity contribution in [3.05, 3.63) is 67.1 Å². The number of anilines is 3. The lowest BCUT2D eigenvalue weighted by atomic mass is 9.72. The maximum Gasteiger partial charge on any atom is 0.245 e. The Balaban J connectivity index is 1.06. The van der Waals surface area contributed by atoms with Crippen molar-refractivity contribution in [3.8, 4) is 11.5 Å². The van der Waals surface area contributed by atoms with Gasteiger partial charge in [-0.3, -0.25) is 4.79 Å². The maximum absolute atomic E-state index is 12.0. The standard InChI is InChI=1S/C30H30N10O2/c1-4-26(41)39-11-9-30(10-12-39)16-40(17-30)29-31-15-23-27(35-29)28(33-18-32-23)34-20-5-8-25(19(2)13-20)42-21-6-7-24-22(14-21)36-37-38(24)3/h4-8,13-15,18H,1,9-12,16-17H2,2-3H3,(H,32,33,34). The predicted molar refractivity (Wildman–Crippen MR) is 159 cm³/mol. The first-order valence-corrected chi connectivity index (χ1v) is 13.9. The second kappa shape index (κ2) is 10.1. The number of nitrogens with one attached hydrogen (secondary N) is 1. The Hall–Kier alpha value is -5.13. The van der Waals surface area contributed by atoms with Gasteiger partial charge in [0, 0.05) is 50.4 Å². The molecule has 212 valence electrons. The van der Waals surface area contributed by atoms with Gasteiger partial charge in [0.25, 0.3) is 0 Å². The average molecular weight is 563 g/mol. The molecule has 0 saturated carbocycles. The molecule has 2 fully saturated rings. The van der Waals surface area contributed by atoms with Gasteiger partial charge in [-0.2, -0.15) is 0 Å². The molecule has 1 N–H and O–H groups in total. The molecule has 12 nitrogen and oxygen atoms in total. The van der Waals surface area contributed by atoms with Crippen LogP contribution in [-0.4, -0.2) is 71.9 Å². The first kappa shape index (κ1) is 25.8. The summed E-state index contributed by atoms with van der Waals surface area (Å²) in [4.78, 5) is 34.3. The maximum atomic E-state index is 12.0. The zero-order valence-electron chi connectivity index (χ0n) is 23.5. The number of nitrogens with zero attached hydrogens (tertiary/aromatic N) is 9. The summed E-state index contributed by atoms with van der Waals surface area (Å²) in [7, 11) is 1.86. The number of hydrogen-bond donors (Lipinski definition) is 1. The average Bonchev–Trinajstić information content (AvgIpc) is 3.36. The van der Waals surface area contributed by atoms with Crippen LogP contribution < -0.4 is 15.0 Å². The van der Waals surface area contributed by atoms with Gasteiger partial charge in [-0.1, -0.05) is 11.8 Å². The number of carbonyl (C=O) groups excluding carboxylic acids is 1. The van der Waals surface area contributed by atoms with Gasteiger partial charge in [0.2, 0.25) is 11.9 Å². The lowest BCUT2D eigenvalue weighted by Gasteiger charge is -2.53. The molecule has 2 aliphatic rings. The third-order valence-electron chi connectivity index (χ3n) is 8.26. The molecule has 1 spiro atoms. The van der Waals surface area contributed by atoms with Gasteiger partial charge in [0.05, 0.1) is 11.7 Å². The minimum Gasteiger partial charge on any atom is -0.457 e. The van der Waals surface area contributed by atoms with Crippen LogP contribution in [0.2, 0.25) is 0 Å². The van der Waals surface area contributed by atoms with Crippen molar-refractivity contribution in [2.24, 2.45) is 12.5 Å². The van der Waals surface area contributed by atoms with E-state index in [4.69, 9.17) is 9.72 Å². The van der Waals surface area contributed by atoms with E-state index in [2.05, 4.69) is 42.1 Å². The molecule has 0 bridgehead atoms. The van der Waals surface area contributed by atoms with E-state index in [1.165, 1.54) is 12.4 Å². The van der Waals surface area contributed by atoms with Gasteiger partial charge in [-0.15, -0.1) is 5.10 Å². The molecule has 1 amide bonds. The molecule has 0 atom stereocenters. The van der Waals surface area contributed by atoms with Crippen LogP contribution in [-0.2, 0) is 11.8 Å². The molecule has 2 aromatic carbocycles. The summed E-state index contributed by atoms with van der Waals surface area (Å²) in [5.41, 5.74) is 5.06. The molecule has 2 aliphatic heterocycles. The van der Waals surface area contributed by atoms with E-state index < -0.39 is 0 Å². The van der Waals surface area contributed by atoms with E-state index in [0.717, 1.165) is 67.1 Å². The highest BCUT2D eigenvalue weighted by molar-refractivity contribution is 5.88. The second-order valence-corrected chi connectivity index (χ2v) is 11.1. The van der Waals surface area contributed by atoms with Crippen LogP contribution in [0.3, 0.4) is 0 Å². The summed E-state index contributed by atoms with van der Waals surface area (Å²) in [6.07, 6.45) is 6.60. The highest BCUT2D eigenvalue weighted by Crippen LogP contribution is 2.42. The normalized spacial score (nSPS) is 16.0. The fourth-order valence-corrected chi connectivity index (χ4v) is 5.83. The van der Waals surface area contributed by atoms with E-state index in [1.54, 1.807) is 10.9 Å². The summed E-state index contributed by atoms with van der Waals surface area (Å²) in [5.74, 6) is 2.72. The number of hydrogen-bond acceptors (Lipinski definition) is 10. The summed E-state index contributed by atoms with van der Waals surface area (Å²) in [6, 6.07) is 11.6. The Kier molecular flexibility index (Phi) is 6.18. The van der Waals surface area contributed by atoms with Crippen molar-refractivity contribution >= 4 is 45.4 Å². The summed E-state index contributed by atoms with van der Waals surface area (Å²) < 4.78 is 7.88. The van der Waals surface area contributed by atoms with Crippen LogP contribution in [0, 0.1) is 12.3 Å². The van der Waals surface area contributed by atoms with Crippen LogP contribution >= 0.6 is 0 Å². The number of piperidine rings is 1. The van der Waals surface area contributed by atoms with Gasteiger partial charge in [0.1, 0.15) is 34.4 Å². The van der Waals surface area contributed by atoms with Crippen LogP contribution in [0.1, 0.15) is 18.4 Å². The zero-order valence-corrected chi connectivity index (χ0v) is 23.5. The lowest BCUT2D eigenvalue weighted by Crippen LogP contribution is -2.61. The van der Waals surface area contributed by atoms with E-state index >= 15 is 0 Å². The van der Waals surface area contributed by atoms with Crippen LogP contribution in [0.4, 0.5) is 17.5 Å². The van der Waals surface area contributed by atoms with Crippen LogP contribution in [0.25, 0.3) is 22.1 Å². The lowest BCUT2D eigenvalue weighted by molar-refractivity contribution is -0.128. The summed E-state index contributed by atoms with van der Waals surface area (Å²) in [5, 5.41) is 11.6. The number of rotatable bonds is 6. The minimum absolute atomic E-state index is 0.0107. The van der Waals surface area contributed by atoms with Crippen molar-refractivity contribution in [2.45, 2.75) is 19.8 Å². The Bertz CT molecular complexity index is 1840. The number of amides is 1. The van der Waals surface area contributed by atoms with Crippen molar-refractivity contribution in [1.82, 2.24) is 39.8 Å². The third-order valence-corrected chi connectivity index (χ3v) is 8.26. The monoisotopic (exact) mass is 562 g/mol. The predicted octanol–water partition coefficient (Wildman–Crippen LogP) is 4.16. The van der Waals surface area contributed by atoms with E-state index in [0.29, 0.717) is 28.5 Å². The number of likely N-dealkylation sites (tertiary alicyclic amines) is 1. The van der Waals surface area contributed by atoms with Gasteiger partial charge >= 0.3 is 0 Å². The Morgan fingerprint density at radius 3 is 2.69 bits per heavy atom. The molecular weight excluding hydrogens is 532 g/mol. The summed E-state index contributed by atoms with van der Waals surface area (Å²) >= 11 is 0. The second-order valence-electron chi connectivity index (χ2n) is 11.1. The van der Waals surface area contributed by atoms with Crippen molar-refractivity contribution in [3.63, 3.8) is 0 Å². The van der Waals surface area contributed by atoms with E-state index in [-0.39, 0.29) is 11.3 Å². The molecule has 2 saturated heterocycles. The topological polar surface area (TPSA) is 127 Å². The minimum atomic E-state index is 0.0107. The highest BCUT2D eigenvalue weighted by atomic mass is 16.5. The van der Waals surface area contributed by atoms with Crippen LogP contribution in [0.5, 0.6) is 11.5 Å². The SMILES string of the molecule is C=CC(=O)N1CCC2(CC1)CN(c1ncc3ncnc(Nc4ccc(Oc5ccc6c(c5)nnn6C)c(C)c4)c3n1)C2. The first-order valence-electron chi connectivity index (χ1n) is 13.9. The summed E-state index contributed by atoms with van der Waals surface area (Å²) in [6.45, 7) is 8.87. The quantitative estimate of drug-likeness (QED) is 0.301. The van der Waals surface area contributed by atoms with Gasteiger partial charge in [0.15, 0.2) is 5.82 Å². The molecule has 5 heterocycles. The molecule has 0 aliphatic carbocycles. The highest BCUT2D eigenvalue weighted by Gasteiger charge is 2.46. The van der Waals surface area contributed by atoms with Crippen LogP contribution in [0.15, 0.2) is 61.6 Å². The van der Waals surface area contributed by atoms with Crippen molar-refractivity contribution in [2.75, 3.05) is 36.4 Å². The van der Waals surface area contributed by atoms with Crippen molar-refractivity contribution in [1.29, 1.82) is 0 Å². The fraction of sp³-hybridized carbons (Fsp3) is 0.300. The first-order chi connectivity index (χ1) is 20.4. The number of ether oxygens (including phenoxy) is 1. The van der Waals surface area contributed by atoms with Gasteiger partial charge < -0.3 is 19.9 Å². The smallest absolute Gasteiger partial charge is 0.245 e. The molecule has 0 unspecified atom stereocenters. The fourth-order valence-electron chi connectivity index (χ4n) is 5.83. The zero-order chi connectivity index (χ0) is 28.8. The van der Waals surface area contributed by atoms with E-state index in [9.17, 15) is 4.79 Å². The Labute approximate surface area is 242 Å². The van der Waals surface area contributed by atoms with E-state index in [1.807, 2.05) is 55.3 Å². The molecule has 5 aromatic rings. The Morgan fingerprint density at radius 1 is 1.07 bits per heavy atom. The Morgan fingerprint density at radius 2 is 1.90 bits per heavy atom. The number of fused-ring (bicyclic) bond motifs is 2. The molecule has 3 aromatic heterocycles. The molecule has 7 rings (SSSR count). The third kappa shape index (κ3) is 4.64. The van der Waals surface area contributed by atoms with Gasteiger partial charge in [-0.25, -0.2) is 24.6 Å². The number of aryl methyl sites for hydroxylation is 2. The largest absolute Gasteiger partial charge is 0.457 e. The number of aromatic nitrogens is 7. The molecular formula is C30H30N10O2. The number of benzene rings is 2. The van der Waals surface area contributed by atoms with Gasteiger partial charge in [-0.05, 0) is 61.7 Å². The molecule has 42 heavy (non-hydrogen) atoms. The molecule has 0 radical (unpaired) electrons. The van der Waals surface area contributed by atoms with Crippen molar-refractivity contribution < 1.29 is 9.53 Å².